The summed E-state index contributed by atoms with van der Waals surface area (Å²) in [4.78, 5) is 12.9. The average Bonchev–Trinajstić information content (AvgIpc) is 2.93. The number of primary amides is 1. The number of carbonyl (C=O) groups is 1. The monoisotopic (exact) mass is 370 g/mol. The van der Waals surface area contributed by atoms with Crippen LogP contribution in [0.25, 0.3) is 0 Å². The Morgan fingerprint density at radius 1 is 1.45 bits per heavy atom. The number of hydrogen-bond donors (Lipinski definition) is 3. The number of nitrogens with zero attached hydrogens (tertiary/aromatic N) is 1. The molecule has 0 aliphatic carbocycles. The van der Waals surface area contributed by atoms with Crippen LogP contribution in [0.5, 0.6) is 0 Å². The third-order valence-electron chi connectivity index (χ3n) is 2.58. The summed E-state index contributed by atoms with van der Waals surface area (Å²) in [6, 6.07) is 5.99. The van der Waals surface area contributed by atoms with E-state index in [1.165, 1.54) is 4.88 Å². The topological polar surface area (TPSA) is 105 Å². The highest BCUT2D eigenvalue weighted by Crippen LogP contribution is 2.34. The molecule has 104 valence electrons. The van der Waals surface area contributed by atoms with Gasteiger partial charge in [-0.3, -0.25) is 4.79 Å². The minimum absolute atomic E-state index is 0.159. The molecular weight excluding hydrogens is 360 g/mol. The number of nitrogens with two attached hydrogens (primary N) is 2. The summed E-state index contributed by atoms with van der Waals surface area (Å²) >= 11 is 6.22. The second kappa shape index (κ2) is 6.26. The van der Waals surface area contributed by atoms with E-state index < -0.39 is 5.91 Å². The standard InChI is InChI=1S/C12H11BrN4OS2/c13-8-2-1-6(19-8)3-4-17-12-9(11(16)18)10(15)7(5-14)20-12/h1-2,17H,3-4,15H2,(H2,16,18). The van der Waals surface area contributed by atoms with E-state index in [0.29, 0.717) is 16.4 Å². The van der Waals surface area contributed by atoms with Crippen molar-refractivity contribution in [1.82, 2.24) is 0 Å². The van der Waals surface area contributed by atoms with Crippen LogP contribution in [0.1, 0.15) is 20.1 Å². The molecule has 5 nitrogen and oxygen atoms in total. The SMILES string of the molecule is N#Cc1sc(NCCc2ccc(Br)s2)c(C(N)=O)c1N. The Balaban J connectivity index is 2.09. The Bertz CT molecular complexity index is 686. The van der Waals surface area contributed by atoms with Gasteiger partial charge >= 0.3 is 0 Å². The summed E-state index contributed by atoms with van der Waals surface area (Å²) in [6.07, 6.45) is 0.814. The van der Waals surface area contributed by atoms with Crippen LogP contribution in [0.3, 0.4) is 0 Å². The van der Waals surface area contributed by atoms with Gasteiger partial charge in [0.1, 0.15) is 15.9 Å². The molecule has 2 rings (SSSR count). The van der Waals surface area contributed by atoms with E-state index in [1.54, 1.807) is 11.3 Å². The number of thiophene rings is 2. The molecule has 0 saturated carbocycles. The Labute approximate surface area is 132 Å². The largest absolute Gasteiger partial charge is 0.396 e. The van der Waals surface area contributed by atoms with Gasteiger partial charge in [-0.05, 0) is 34.5 Å². The van der Waals surface area contributed by atoms with E-state index in [-0.39, 0.29) is 11.3 Å². The van der Waals surface area contributed by atoms with E-state index in [4.69, 9.17) is 16.7 Å². The van der Waals surface area contributed by atoms with Crippen LogP contribution in [-0.2, 0) is 6.42 Å². The fourth-order valence-corrected chi connectivity index (χ4v) is 4.11. The van der Waals surface area contributed by atoms with Crippen molar-refractivity contribution in [3.8, 4) is 6.07 Å². The van der Waals surface area contributed by atoms with E-state index in [0.717, 1.165) is 21.5 Å². The molecule has 0 atom stereocenters. The number of nitriles is 1. The Kier molecular flexibility index (Phi) is 4.65. The molecule has 0 fully saturated rings. The highest BCUT2D eigenvalue weighted by molar-refractivity contribution is 9.11. The van der Waals surface area contributed by atoms with Gasteiger partial charge in [0.15, 0.2) is 0 Å². The summed E-state index contributed by atoms with van der Waals surface area (Å²) in [5.74, 6) is -0.624. The van der Waals surface area contributed by atoms with Gasteiger partial charge in [0.05, 0.1) is 15.0 Å². The fourth-order valence-electron chi connectivity index (χ4n) is 1.68. The van der Waals surface area contributed by atoms with E-state index in [1.807, 2.05) is 18.2 Å². The van der Waals surface area contributed by atoms with Crippen LogP contribution < -0.4 is 16.8 Å². The second-order valence-electron chi connectivity index (χ2n) is 3.91. The molecule has 0 spiro atoms. The van der Waals surface area contributed by atoms with Crippen molar-refractivity contribution in [1.29, 1.82) is 5.26 Å². The van der Waals surface area contributed by atoms with Gasteiger partial charge in [0.25, 0.3) is 5.91 Å². The zero-order valence-electron chi connectivity index (χ0n) is 10.3. The normalized spacial score (nSPS) is 10.2. The lowest BCUT2D eigenvalue weighted by Crippen LogP contribution is -2.15. The highest BCUT2D eigenvalue weighted by Gasteiger charge is 2.19. The highest BCUT2D eigenvalue weighted by atomic mass is 79.9. The van der Waals surface area contributed by atoms with E-state index in [9.17, 15) is 4.79 Å². The second-order valence-corrected chi connectivity index (χ2v) is 7.48. The minimum atomic E-state index is -0.624. The van der Waals surface area contributed by atoms with Gasteiger partial charge in [-0.15, -0.1) is 22.7 Å². The average molecular weight is 371 g/mol. The van der Waals surface area contributed by atoms with Gasteiger partial charge in [-0.1, -0.05) is 0 Å². The maximum Gasteiger partial charge on any atom is 0.253 e. The van der Waals surface area contributed by atoms with Gasteiger partial charge in [-0.2, -0.15) is 5.26 Å². The number of carbonyl (C=O) groups excluding carboxylic acids is 1. The van der Waals surface area contributed by atoms with Crippen LogP contribution in [-0.4, -0.2) is 12.5 Å². The lowest BCUT2D eigenvalue weighted by molar-refractivity contribution is 0.100. The quantitative estimate of drug-likeness (QED) is 0.752. The van der Waals surface area contributed by atoms with Crippen LogP contribution in [0.4, 0.5) is 10.7 Å². The molecule has 2 aromatic rings. The zero-order chi connectivity index (χ0) is 14.7. The van der Waals surface area contributed by atoms with Gasteiger partial charge in [0, 0.05) is 11.4 Å². The van der Waals surface area contributed by atoms with Crippen molar-refractivity contribution in [3.05, 3.63) is 31.2 Å². The number of hydrogen-bond acceptors (Lipinski definition) is 6. The fraction of sp³-hybridized carbons (Fsp3) is 0.167. The van der Waals surface area contributed by atoms with Crippen molar-refractivity contribution in [2.45, 2.75) is 6.42 Å². The first-order chi connectivity index (χ1) is 9.52. The molecular formula is C12H11BrN4OS2. The van der Waals surface area contributed by atoms with Crippen LogP contribution >= 0.6 is 38.6 Å². The molecule has 0 saturated heterocycles. The van der Waals surface area contributed by atoms with Crippen LogP contribution in [0.15, 0.2) is 15.9 Å². The molecule has 5 N–H and O–H groups in total. The smallest absolute Gasteiger partial charge is 0.253 e. The molecule has 0 unspecified atom stereocenters. The molecule has 0 aromatic carbocycles. The maximum atomic E-state index is 11.4. The summed E-state index contributed by atoms with van der Waals surface area (Å²) < 4.78 is 1.08. The first-order valence-electron chi connectivity index (χ1n) is 5.63. The minimum Gasteiger partial charge on any atom is -0.396 e. The van der Waals surface area contributed by atoms with Crippen molar-refractivity contribution >= 4 is 55.2 Å². The third-order valence-corrected chi connectivity index (χ3v) is 5.33. The molecule has 8 heteroatoms. The van der Waals surface area contributed by atoms with Gasteiger partial charge in [0.2, 0.25) is 0 Å². The number of amides is 1. The molecule has 1 amide bonds. The van der Waals surface area contributed by atoms with Crippen molar-refractivity contribution < 1.29 is 4.79 Å². The summed E-state index contributed by atoms with van der Waals surface area (Å²) in [5, 5.41) is 12.6. The zero-order valence-corrected chi connectivity index (χ0v) is 13.5. The van der Waals surface area contributed by atoms with Crippen molar-refractivity contribution in [3.63, 3.8) is 0 Å². The molecule has 2 aromatic heterocycles. The molecule has 0 radical (unpaired) electrons. The predicted octanol–water partition coefficient (Wildman–Crippen LogP) is 2.78. The number of anilines is 2. The molecule has 0 bridgehead atoms. The van der Waals surface area contributed by atoms with E-state index >= 15 is 0 Å². The maximum absolute atomic E-state index is 11.4. The van der Waals surface area contributed by atoms with Gasteiger partial charge in [-0.25, -0.2) is 0 Å². The predicted molar refractivity (Wildman–Crippen MR) is 86.2 cm³/mol. The number of halogens is 1. The van der Waals surface area contributed by atoms with Gasteiger partial charge < -0.3 is 16.8 Å². The molecule has 20 heavy (non-hydrogen) atoms. The summed E-state index contributed by atoms with van der Waals surface area (Å²) in [5.41, 5.74) is 11.4. The van der Waals surface area contributed by atoms with Crippen LogP contribution in [0.2, 0.25) is 0 Å². The molecule has 0 aliphatic rings. The summed E-state index contributed by atoms with van der Waals surface area (Å²) in [6.45, 7) is 0.637. The first kappa shape index (κ1) is 14.8. The third kappa shape index (κ3) is 3.12. The molecule has 2 heterocycles. The number of nitrogens with one attached hydrogen (secondary N) is 1. The van der Waals surface area contributed by atoms with Crippen molar-refractivity contribution in [2.24, 2.45) is 5.73 Å². The Morgan fingerprint density at radius 2 is 2.20 bits per heavy atom. The Morgan fingerprint density at radius 3 is 2.75 bits per heavy atom. The molecule has 0 aliphatic heterocycles. The first-order valence-corrected chi connectivity index (χ1v) is 8.05. The lowest BCUT2D eigenvalue weighted by Gasteiger charge is -2.04. The number of rotatable bonds is 5. The van der Waals surface area contributed by atoms with E-state index in [2.05, 4.69) is 21.2 Å². The van der Waals surface area contributed by atoms with Crippen LogP contribution in [0, 0.1) is 11.3 Å². The lowest BCUT2D eigenvalue weighted by atomic mass is 10.2. The summed E-state index contributed by atoms with van der Waals surface area (Å²) in [7, 11) is 0. The Hall–Kier alpha value is -1.56. The van der Waals surface area contributed by atoms with Crippen molar-refractivity contribution in [2.75, 3.05) is 17.6 Å². The number of nitrogen functional groups attached to an aromatic ring is 1.